The summed E-state index contributed by atoms with van der Waals surface area (Å²) in [5.41, 5.74) is 1.61. The number of ether oxygens (including phenoxy) is 2. The van der Waals surface area contributed by atoms with E-state index in [1.54, 1.807) is 37.3 Å². The molecule has 29 heavy (non-hydrogen) atoms. The summed E-state index contributed by atoms with van der Waals surface area (Å²) in [5, 5.41) is 3.52. The van der Waals surface area contributed by atoms with Crippen LogP contribution in [0, 0.1) is 6.92 Å². The highest BCUT2D eigenvalue weighted by molar-refractivity contribution is 6.01. The maximum absolute atomic E-state index is 12.7. The number of esters is 1. The van der Waals surface area contributed by atoms with Crippen LogP contribution in [-0.4, -0.2) is 30.2 Å². The van der Waals surface area contributed by atoms with Gasteiger partial charge in [0, 0.05) is 11.5 Å². The second kappa shape index (κ2) is 8.60. The lowest BCUT2D eigenvalue weighted by Gasteiger charge is -2.15. The van der Waals surface area contributed by atoms with E-state index in [1.165, 1.54) is 17.7 Å². The van der Waals surface area contributed by atoms with Crippen molar-refractivity contribution in [2.45, 2.75) is 20.4 Å². The Bertz CT molecular complexity index is 1130. The summed E-state index contributed by atoms with van der Waals surface area (Å²) >= 11 is 0. The van der Waals surface area contributed by atoms with Gasteiger partial charge in [-0.3, -0.25) is 14.2 Å². The molecule has 7 nitrogen and oxygen atoms in total. The normalized spacial score (nSPS) is 10.6. The van der Waals surface area contributed by atoms with Crippen LogP contribution in [0.15, 0.2) is 53.3 Å². The lowest BCUT2D eigenvalue weighted by atomic mass is 10.1. The summed E-state index contributed by atoms with van der Waals surface area (Å²) < 4.78 is 11.8. The molecule has 1 heterocycles. The molecule has 0 radical (unpaired) electrons. The Kier molecular flexibility index (Phi) is 5.97. The molecule has 1 N–H and O–H groups in total. The highest BCUT2D eigenvalue weighted by atomic mass is 16.5. The van der Waals surface area contributed by atoms with Gasteiger partial charge in [-0.1, -0.05) is 24.3 Å². The van der Waals surface area contributed by atoms with Gasteiger partial charge in [0.1, 0.15) is 12.3 Å². The minimum Gasteiger partial charge on any atom is -0.495 e. The van der Waals surface area contributed by atoms with Crippen LogP contribution in [0.5, 0.6) is 5.75 Å². The van der Waals surface area contributed by atoms with Crippen LogP contribution < -0.4 is 15.6 Å². The van der Waals surface area contributed by atoms with Crippen molar-refractivity contribution in [3.8, 4) is 5.75 Å². The van der Waals surface area contributed by atoms with Crippen LogP contribution in [0.2, 0.25) is 0 Å². The number of nitrogens with zero attached hydrogens (tertiary/aromatic N) is 1. The molecule has 0 saturated carbocycles. The molecule has 1 amide bonds. The molecule has 3 rings (SSSR count). The van der Waals surface area contributed by atoms with E-state index in [1.807, 2.05) is 19.1 Å². The van der Waals surface area contributed by atoms with Gasteiger partial charge in [0.25, 0.3) is 5.56 Å². The summed E-state index contributed by atoms with van der Waals surface area (Å²) in [6, 6.07) is 13.5. The number of para-hydroxylation sites is 2. The number of benzene rings is 2. The van der Waals surface area contributed by atoms with Crippen LogP contribution in [0.1, 0.15) is 22.8 Å². The number of amides is 1. The van der Waals surface area contributed by atoms with Gasteiger partial charge < -0.3 is 14.8 Å². The number of anilines is 1. The van der Waals surface area contributed by atoms with Gasteiger partial charge in [0.2, 0.25) is 5.91 Å². The molecule has 0 aliphatic heterocycles. The number of carbonyl (C=O) groups is 2. The molecule has 3 aromatic rings. The zero-order valence-electron chi connectivity index (χ0n) is 16.5. The number of hydrogen-bond donors (Lipinski definition) is 1. The number of methoxy groups -OCH3 is 1. The molecule has 0 bridgehead atoms. The Morgan fingerprint density at radius 2 is 1.86 bits per heavy atom. The lowest BCUT2D eigenvalue weighted by Crippen LogP contribution is -2.28. The van der Waals surface area contributed by atoms with Crippen molar-refractivity contribution in [1.82, 2.24) is 4.57 Å². The standard InChI is InChI=1S/C22H22N2O5/c1-4-29-22(27)16-8-5-6-10-17(16)23-19(25)13-24-20(26)12-14(2)15-9-7-11-18(28-3)21(15)24/h5-12H,4,13H2,1-3H3,(H,23,25). The fourth-order valence-corrected chi connectivity index (χ4v) is 3.20. The van der Waals surface area contributed by atoms with E-state index < -0.39 is 11.9 Å². The van der Waals surface area contributed by atoms with E-state index >= 15 is 0 Å². The summed E-state index contributed by atoms with van der Waals surface area (Å²) in [4.78, 5) is 37.5. The number of nitrogens with one attached hydrogen (secondary N) is 1. The van der Waals surface area contributed by atoms with Gasteiger partial charge in [-0.15, -0.1) is 0 Å². The molecule has 150 valence electrons. The van der Waals surface area contributed by atoms with Gasteiger partial charge in [0.05, 0.1) is 30.5 Å². The van der Waals surface area contributed by atoms with E-state index in [0.717, 1.165) is 10.9 Å². The van der Waals surface area contributed by atoms with E-state index in [4.69, 9.17) is 9.47 Å². The van der Waals surface area contributed by atoms with Gasteiger partial charge in [-0.25, -0.2) is 4.79 Å². The number of rotatable bonds is 6. The summed E-state index contributed by atoms with van der Waals surface area (Å²) in [5.74, 6) is -0.467. The third-order valence-corrected chi connectivity index (χ3v) is 4.52. The lowest BCUT2D eigenvalue weighted by molar-refractivity contribution is -0.116. The monoisotopic (exact) mass is 394 g/mol. The molecule has 0 unspecified atom stereocenters. The van der Waals surface area contributed by atoms with Gasteiger partial charge in [-0.05, 0) is 37.6 Å². The SMILES string of the molecule is CCOC(=O)c1ccccc1NC(=O)Cn1c(=O)cc(C)c2cccc(OC)c21. The molecule has 0 fully saturated rings. The fraction of sp³-hybridized carbons (Fsp3) is 0.227. The Balaban J connectivity index is 1.96. The van der Waals surface area contributed by atoms with Crippen molar-refractivity contribution in [1.29, 1.82) is 0 Å². The van der Waals surface area contributed by atoms with Crippen LogP contribution in [0.25, 0.3) is 10.9 Å². The summed E-state index contributed by atoms with van der Waals surface area (Å²) in [6.45, 7) is 3.55. The molecule has 7 heteroatoms. The number of pyridine rings is 1. The fourth-order valence-electron chi connectivity index (χ4n) is 3.20. The van der Waals surface area contributed by atoms with Crippen LogP contribution >= 0.6 is 0 Å². The van der Waals surface area contributed by atoms with Crippen molar-refractivity contribution in [3.63, 3.8) is 0 Å². The van der Waals surface area contributed by atoms with Crippen molar-refractivity contribution in [3.05, 3.63) is 70.0 Å². The zero-order valence-corrected chi connectivity index (χ0v) is 16.5. The van der Waals surface area contributed by atoms with E-state index in [2.05, 4.69) is 5.32 Å². The van der Waals surface area contributed by atoms with Crippen LogP contribution in [0.3, 0.4) is 0 Å². The second-order valence-electron chi connectivity index (χ2n) is 6.42. The quantitative estimate of drug-likeness (QED) is 0.649. The smallest absolute Gasteiger partial charge is 0.340 e. The number of carbonyl (C=O) groups excluding carboxylic acids is 2. The average molecular weight is 394 g/mol. The molecule has 0 aliphatic carbocycles. The molecular weight excluding hydrogens is 372 g/mol. The zero-order chi connectivity index (χ0) is 21.0. The molecule has 0 saturated heterocycles. The Hall–Kier alpha value is -3.61. The van der Waals surface area contributed by atoms with Crippen molar-refractivity contribution in [2.75, 3.05) is 19.0 Å². The predicted octanol–water partition coefficient (Wildman–Crippen LogP) is 3.13. The first-order chi connectivity index (χ1) is 14.0. The Morgan fingerprint density at radius 3 is 2.59 bits per heavy atom. The first-order valence-electron chi connectivity index (χ1n) is 9.19. The van der Waals surface area contributed by atoms with Crippen molar-refractivity contribution >= 4 is 28.5 Å². The Labute approximate surface area is 167 Å². The molecule has 1 aromatic heterocycles. The Morgan fingerprint density at radius 1 is 1.10 bits per heavy atom. The average Bonchev–Trinajstić information content (AvgIpc) is 2.71. The number of aromatic nitrogens is 1. The molecule has 0 atom stereocenters. The first-order valence-corrected chi connectivity index (χ1v) is 9.19. The largest absolute Gasteiger partial charge is 0.495 e. The van der Waals surface area contributed by atoms with Gasteiger partial charge in [-0.2, -0.15) is 0 Å². The summed E-state index contributed by atoms with van der Waals surface area (Å²) in [7, 11) is 1.52. The van der Waals surface area contributed by atoms with Gasteiger partial charge >= 0.3 is 5.97 Å². The van der Waals surface area contributed by atoms with Crippen LogP contribution in [0.4, 0.5) is 5.69 Å². The van der Waals surface area contributed by atoms with Gasteiger partial charge in [0.15, 0.2) is 0 Å². The number of aryl methyl sites for hydroxylation is 1. The molecular formula is C22H22N2O5. The summed E-state index contributed by atoms with van der Waals surface area (Å²) in [6.07, 6.45) is 0. The highest BCUT2D eigenvalue weighted by Gasteiger charge is 2.17. The minimum atomic E-state index is -0.525. The number of fused-ring (bicyclic) bond motifs is 1. The topological polar surface area (TPSA) is 86.6 Å². The molecule has 0 spiro atoms. The third-order valence-electron chi connectivity index (χ3n) is 4.52. The maximum Gasteiger partial charge on any atom is 0.340 e. The molecule has 2 aromatic carbocycles. The van der Waals surface area contributed by atoms with Crippen molar-refractivity contribution < 1.29 is 19.1 Å². The maximum atomic E-state index is 12.7. The number of hydrogen-bond acceptors (Lipinski definition) is 5. The third kappa shape index (κ3) is 4.13. The minimum absolute atomic E-state index is 0.228. The van der Waals surface area contributed by atoms with E-state index in [-0.39, 0.29) is 24.3 Å². The second-order valence-corrected chi connectivity index (χ2v) is 6.42. The van der Waals surface area contributed by atoms with E-state index in [0.29, 0.717) is 17.0 Å². The van der Waals surface area contributed by atoms with E-state index in [9.17, 15) is 14.4 Å². The molecule has 0 aliphatic rings. The first kappa shape index (κ1) is 20.1. The predicted molar refractivity (Wildman–Crippen MR) is 111 cm³/mol. The van der Waals surface area contributed by atoms with Crippen molar-refractivity contribution in [2.24, 2.45) is 0 Å². The van der Waals surface area contributed by atoms with Crippen LogP contribution in [-0.2, 0) is 16.1 Å². The highest BCUT2D eigenvalue weighted by Crippen LogP contribution is 2.26.